The fraction of sp³-hybridized carbons (Fsp3) is 0.250. The summed E-state index contributed by atoms with van der Waals surface area (Å²) in [6.45, 7) is -2.76. The number of ether oxygens (including phenoxy) is 1. The van der Waals surface area contributed by atoms with E-state index >= 15 is 0 Å². The average Bonchev–Trinajstić information content (AvgIpc) is 2.05. The maximum absolute atomic E-state index is 11.7. The van der Waals surface area contributed by atoms with Crippen LogP contribution in [0.2, 0.25) is 0 Å². The molecule has 0 saturated heterocycles. The van der Waals surface area contributed by atoms with Gasteiger partial charge in [0.15, 0.2) is 0 Å². The summed E-state index contributed by atoms with van der Waals surface area (Å²) in [4.78, 5) is 0. The Morgan fingerprint density at radius 3 is 2.25 bits per heavy atom. The van der Waals surface area contributed by atoms with Gasteiger partial charge in [0.2, 0.25) is 0 Å². The summed E-state index contributed by atoms with van der Waals surface area (Å²) in [7, 11) is 1.75. The number of benzene rings is 1. The summed E-state index contributed by atoms with van der Waals surface area (Å²) < 4.78 is 27.5. The van der Waals surface area contributed by atoms with Crippen LogP contribution in [0.1, 0.15) is 0 Å². The first-order valence-electron chi connectivity index (χ1n) is 3.45. The van der Waals surface area contributed by atoms with Crippen LogP contribution in [0.25, 0.3) is 0 Å². The van der Waals surface area contributed by atoms with Gasteiger partial charge in [0, 0.05) is 12.7 Å². The molecule has 4 heteroatoms. The van der Waals surface area contributed by atoms with Crippen molar-refractivity contribution in [2.24, 2.45) is 0 Å². The standard InChI is InChI=1S/C8H9F2NO/c1-11-6-2-4-7(5-3-6)12-8(9)10/h2-5,8,11H,1H3. The Kier molecular flexibility index (Phi) is 2.85. The van der Waals surface area contributed by atoms with Gasteiger partial charge in [-0.3, -0.25) is 0 Å². The Morgan fingerprint density at radius 1 is 1.25 bits per heavy atom. The second-order valence-electron chi connectivity index (χ2n) is 2.15. The van der Waals surface area contributed by atoms with Crippen LogP contribution in [0.3, 0.4) is 0 Å². The van der Waals surface area contributed by atoms with E-state index in [0.29, 0.717) is 0 Å². The molecule has 0 saturated carbocycles. The molecule has 0 radical (unpaired) electrons. The zero-order valence-electron chi connectivity index (χ0n) is 6.55. The van der Waals surface area contributed by atoms with Crippen LogP contribution in [-0.4, -0.2) is 13.7 Å². The van der Waals surface area contributed by atoms with Crippen LogP contribution < -0.4 is 10.1 Å². The largest absolute Gasteiger partial charge is 0.435 e. The molecule has 1 N–H and O–H groups in total. The van der Waals surface area contributed by atoms with E-state index in [0.717, 1.165) is 5.69 Å². The lowest BCUT2D eigenvalue weighted by Crippen LogP contribution is -2.01. The van der Waals surface area contributed by atoms with Gasteiger partial charge < -0.3 is 10.1 Å². The number of hydrogen-bond acceptors (Lipinski definition) is 2. The summed E-state index contributed by atoms with van der Waals surface area (Å²) in [6, 6.07) is 6.30. The van der Waals surface area contributed by atoms with E-state index in [1.54, 1.807) is 19.2 Å². The molecule has 0 bridgehead atoms. The molecule has 0 heterocycles. The average molecular weight is 173 g/mol. The third-order valence-electron chi connectivity index (χ3n) is 1.37. The first-order valence-corrected chi connectivity index (χ1v) is 3.45. The summed E-state index contributed by atoms with van der Waals surface area (Å²) in [5.74, 6) is 0.170. The van der Waals surface area contributed by atoms with Gasteiger partial charge in [-0.25, -0.2) is 0 Å². The van der Waals surface area contributed by atoms with Crippen molar-refractivity contribution in [2.45, 2.75) is 6.61 Å². The van der Waals surface area contributed by atoms with Crippen LogP contribution in [-0.2, 0) is 0 Å². The van der Waals surface area contributed by atoms with Crippen molar-refractivity contribution >= 4 is 5.69 Å². The summed E-state index contributed by atoms with van der Waals surface area (Å²) in [5, 5.41) is 2.86. The molecule has 1 aromatic rings. The minimum absolute atomic E-state index is 0.170. The van der Waals surface area contributed by atoms with Gasteiger partial charge in [-0.15, -0.1) is 0 Å². The van der Waals surface area contributed by atoms with Crippen molar-refractivity contribution < 1.29 is 13.5 Å². The van der Waals surface area contributed by atoms with E-state index in [2.05, 4.69) is 10.1 Å². The molecule has 1 rings (SSSR count). The zero-order valence-corrected chi connectivity index (χ0v) is 6.55. The highest BCUT2D eigenvalue weighted by atomic mass is 19.3. The molecule has 0 fully saturated rings. The number of hydrogen-bond donors (Lipinski definition) is 1. The second kappa shape index (κ2) is 3.90. The van der Waals surface area contributed by atoms with Gasteiger partial charge in [-0.1, -0.05) is 0 Å². The maximum Gasteiger partial charge on any atom is 0.387 e. The van der Waals surface area contributed by atoms with Crippen molar-refractivity contribution in [1.29, 1.82) is 0 Å². The minimum Gasteiger partial charge on any atom is -0.435 e. The molecule has 0 atom stereocenters. The third kappa shape index (κ3) is 2.38. The highest BCUT2D eigenvalue weighted by Crippen LogP contribution is 2.16. The molecular formula is C8H9F2NO. The smallest absolute Gasteiger partial charge is 0.387 e. The first-order chi connectivity index (χ1) is 5.72. The van der Waals surface area contributed by atoms with Crippen LogP contribution in [0.5, 0.6) is 5.75 Å². The van der Waals surface area contributed by atoms with Gasteiger partial charge >= 0.3 is 6.61 Å². The van der Waals surface area contributed by atoms with Crippen LogP contribution in [0, 0.1) is 0 Å². The van der Waals surface area contributed by atoms with Crippen molar-refractivity contribution in [2.75, 3.05) is 12.4 Å². The minimum atomic E-state index is -2.76. The summed E-state index contributed by atoms with van der Waals surface area (Å²) in [5.41, 5.74) is 0.858. The van der Waals surface area contributed by atoms with Gasteiger partial charge in [-0.2, -0.15) is 8.78 Å². The fourth-order valence-electron chi connectivity index (χ4n) is 0.803. The van der Waals surface area contributed by atoms with Crippen molar-refractivity contribution in [1.82, 2.24) is 0 Å². The van der Waals surface area contributed by atoms with E-state index in [9.17, 15) is 8.78 Å². The predicted octanol–water partition coefficient (Wildman–Crippen LogP) is 2.33. The SMILES string of the molecule is CNc1ccc(OC(F)F)cc1. The third-order valence-corrected chi connectivity index (χ3v) is 1.37. The lowest BCUT2D eigenvalue weighted by Gasteiger charge is -2.04. The van der Waals surface area contributed by atoms with E-state index in [-0.39, 0.29) is 5.75 Å². The second-order valence-corrected chi connectivity index (χ2v) is 2.15. The van der Waals surface area contributed by atoms with E-state index in [4.69, 9.17) is 0 Å². The predicted molar refractivity (Wildman–Crippen MR) is 42.6 cm³/mol. The number of rotatable bonds is 3. The number of nitrogens with one attached hydrogen (secondary N) is 1. The Labute approximate surface area is 69.2 Å². The number of alkyl halides is 2. The quantitative estimate of drug-likeness (QED) is 0.757. The molecule has 0 aliphatic rings. The van der Waals surface area contributed by atoms with Gasteiger partial charge in [0.25, 0.3) is 0 Å². The normalized spacial score (nSPS) is 10.0. The summed E-state index contributed by atoms with van der Waals surface area (Å²) >= 11 is 0. The highest BCUT2D eigenvalue weighted by Gasteiger charge is 2.02. The molecule has 0 unspecified atom stereocenters. The van der Waals surface area contributed by atoms with Crippen LogP contribution in [0.15, 0.2) is 24.3 Å². The Bertz CT molecular complexity index is 235. The molecule has 0 aliphatic carbocycles. The van der Waals surface area contributed by atoms with Crippen molar-refractivity contribution in [3.8, 4) is 5.75 Å². The van der Waals surface area contributed by atoms with E-state index < -0.39 is 6.61 Å². The zero-order chi connectivity index (χ0) is 8.97. The molecule has 0 spiro atoms. The Hall–Kier alpha value is -1.32. The van der Waals surface area contributed by atoms with E-state index in [1.807, 2.05) is 0 Å². The molecule has 12 heavy (non-hydrogen) atoms. The van der Waals surface area contributed by atoms with E-state index in [1.165, 1.54) is 12.1 Å². The topological polar surface area (TPSA) is 21.3 Å². The highest BCUT2D eigenvalue weighted by molar-refractivity contribution is 5.45. The molecule has 1 aromatic carbocycles. The van der Waals surface area contributed by atoms with Crippen molar-refractivity contribution in [3.63, 3.8) is 0 Å². The van der Waals surface area contributed by atoms with Crippen molar-refractivity contribution in [3.05, 3.63) is 24.3 Å². The number of anilines is 1. The van der Waals surface area contributed by atoms with Crippen LogP contribution >= 0.6 is 0 Å². The Balaban J connectivity index is 2.65. The molecule has 0 aliphatic heterocycles. The molecule has 2 nitrogen and oxygen atoms in total. The van der Waals surface area contributed by atoms with Gasteiger partial charge in [-0.05, 0) is 24.3 Å². The van der Waals surface area contributed by atoms with Gasteiger partial charge in [0.1, 0.15) is 5.75 Å². The molecule has 0 amide bonds. The lowest BCUT2D eigenvalue weighted by atomic mass is 10.3. The van der Waals surface area contributed by atoms with Gasteiger partial charge in [0.05, 0.1) is 0 Å². The number of halogens is 2. The molecular weight excluding hydrogens is 164 g/mol. The summed E-state index contributed by atoms with van der Waals surface area (Å²) in [6.07, 6.45) is 0. The van der Waals surface area contributed by atoms with Crippen LogP contribution in [0.4, 0.5) is 14.5 Å². The fourth-order valence-corrected chi connectivity index (χ4v) is 0.803. The Morgan fingerprint density at radius 2 is 1.83 bits per heavy atom. The maximum atomic E-state index is 11.7. The first kappa shape index (κ1) is 8.77. The lowest BCUT2D eigenvalue weighted by molar-refractivity contribution is -0.0498. The monoisotopic (exact) mass is 173 g/mol. The molecule has 66 valence electrons. The molecule has 0 aromatic heterocycles.